The molecule has 5 atom stereocenters. The molecular formula is C20H26O4. The predicted octanol–water partition coefficient (Wildman–Crippen LogP) is 3.64. The van der Waals surface area contributed by atoms with Gasteiger partial charge in [-0.25, -0.2) is 0 Å². The number of hydrogen-bond acceptors (Lipinski definition) is 3. The summed E-state index contributed by atoms with van der Waals surface area (Å²) in [6.45, 7) is 3.99. The first-order valence-electron chi connectivity index (χ1n) is 8.68. The van der Waals surface area contributed by atoms with Crippen LogP contribution in [-0.2, 0) is 19.7 Å². The average molecular weight is 330 g/mol. The number of hydrogen-bond donors (Lipinski definition) is 1. The van der Waals surface area contributed by atoms with Gasteiger partial charge in [0.05, 0.1) is 18.4 Å². The molecule has 130 valence electrons. The lowest BCUT2D eigenvalue weighted by Crippen LogP contribution is -2.54. The molecule has 2 fully saturated rings. The van der Waals surface area contributed by atoms with Gasteiger partial charge >= 0.3 is 11.9 Å². The first-order chi connectivity index (χ1) is 11.3. The smallest absolute Gasteiger partial charge is 0.311 e. The molecule has 1 aromatic rings. The summed E-state index contributed by atoms with van der Waals surface area (Å²) in [6.07, 6.45) is 2.96. The van der Waals surface area contributed by atoms with Gasteiger partial charge in [0.15, 0.2) is 0 Å². The van der Waals surface area contributed by atoms with E-state index in [-0.39, 0.29) is 29.1 Å². The third-order valence-corrected chi connectivity index (χ3v) is 6.28. The standard InChI is InChI=1S/C20H26O4/c1-13-9-20(15-7-5-4-6-8-15)11-14(16(13)17(21)22)10-19(2,12-20)18(23)24-3/h4-8,13-14,16H,9-12H2,1-3H3,(H,21,22). The second-order valence-electron chi connectivity index (χ2n) is 8.09. The van der Waals surface area contributed by atoms with Crippen LogP contribution in [0.15, 0.2) is 30.3 Å². The van der Waals surface area contributed by atoms with Gasteiger partial charge in [-0.15, -0.1) is 0 Å². The Balaban J connectivity index is 2.07. The number of fused-ring (bicyclic) bond motifs is 2. The minimum atomic E-state index is -0.733. The molecule has 24 heavy (non-hydrogen) atoms. The zero-order chi connectivity index (χ0) is 17.5. The Hall–Kier alpha value is -1.84. The molecule has 0 aliphatic heterocycles. The number of esters is 1. The highest BCUT2D eigenvalue weighted by Crippen LogP contribution is 2.60. The van der Waals surface area contributed by atoms with Crippen molar-refractivity contribution in [1.82, 2.24) is 0 Å². The summed E-state index contributed by atoms with van der Waals surface area (Å²) in [4.78, 5) is 24.3. The Labute approximate surface area is 143 Å². The number of carbonyl (C=O) groups is 2. The van der Waals surface area contributed by atoms with Crippen molar-refractivity contribution in [3.8, 4) is 0 Å². The Morgan fingerprint density at radius 2 is 1.83 bits per heavy atom. The first kappa shape index (κ1) is 17.0. The van der Waals surface area contributed by atoms with Crippen molar-refractivity contribution in [2.45, 2.75) is 44.9 Å². The van der Waals surface area contributed by atoms with E-state index in [0.29, 0.717) is 6.42 Å². The monoisotopic (exact) mass is 330 g/mol. The zero-order valence-electron chi connectivity index (χ0n) is 14.6. The second-order valence-corrected chi connectivity index (χ2v) is 8.09. The fourth-order valence-corrected chi connectivity index (χ4v) is 5.64. The maximum atomic E-state index is 12.5. The van der Waals surface area contributed by atoms with Crippen molar-refractivity contribution in [3.05, 3.63) is 35.9 Å². The predicted molar refractivity (Wildman–Crippen MR) is 90.5 cm³/mol. The number of rotatable bonds is 3. The highest BCUT2D eigenvalue weighted by Gasteiger charge is 2.57. The topological polar surface area (TPSA) is 63.6 Å². The summed E-state index contributed by atoms with van der Waals surface area (Å²) < 4.78 is 5.08. The van der Waals surface area contributed by atoms with Crippen LogP contribution >= 0.6 is 0 Å². The summed E-state index contributed by atoms with van der Waals surface area (Å²) >= 11 is 0. The SMILES string of the molecule is COC(=O)C1(C)CC2CC(c3ccccc3)(CC(C)C2C(=O)O)C1. The summed E-state index contributed by atoms with van der Waals surface area (Å²) in [5.74, 6) is -1.23. The summed E-state index contributed by atoms with van der Waals surface area (Å²) in [6, 6.07) is 10.3. The molecule has 2 saturated carbocycles. The van der Waals surface area contributed by atoms with Crippen LogP contribution in [0.2, 0.25) is 0 Å². The normalized spacial score (nSPS) is 38.4. The van der Waals surface area contributed by atoms with E-state index in [1.54, 1.807) is 0 Å². The van der Waals surface area contributed by atoms with Crippen molar-refractivity contribution < 1.29 is 19.4 Å². The Kier molecular flexibility index (Phi) is 4.18. The van der Waals surface area contributed by atoms with Crippen LogP contribution in [0.3, 0.4) is 0 Å². The molecule has 4 nitrogen and oxygen atoms in total. The zero-order valence-corrected chi connectivity index (χ0v) is 14.6. The number of ether oxygens (including phenoxy) is 1. The molecule has 2 aliphatic carbocycles. The van der Waals surface area contributed by atoms with E-state index in [1.807, 2.05) is 32.0 Å². The van der Waals surface area contributed by atoms with E-state index < -0.39 is 11.4 Å². The van der Waals surface area contributed by atoms with Gasteiger partial charge < -0.3 is 9.84 Å². The molecule has 2 bridgehead atoms. The maximum Gasteiger partial charge on any atom is 0.311 e. The van der Waals surface area contributed by atoms with Crippen molar-refractivity contribution in [3.63, 3.8) is 0 Å². The average Bonchev–Trinajstić information content (AvgIpc) is 2.53. The summed E-state index contributed by atoms with van der Waals surface area (Å²) in [7, 11) is 1.42. The molecule has 5 unspecified atom stereocenters. The quantitative estimate of drug-likeness (QED) is 0.859. The Bertz CT molecular complexity index is 636. The van der Waals surface area contributed by atoms with Crippen LogP contribution in [0.4, 0.5) is 0 Å². The van der Waals surface area contributed by atoms with Crippen molar-refractivity contribution in [2.75, 3.05) is 7.11 Å². The molecule has 3 rings (SSSR count). The van der Waals surface area contributed by atoms with Gasteiger partial charge in [0.25, 0.3) is 0 Å². The van der Waals surface area contributed by atoms with E-state index in [9.17, 15) is 14.7 Å². The van der Waals surface area contributed by atoms with Crippen molar-refractivity contribution in [2.24, 2.45) is 23.2 Å². The lowest BCUT2D eigenvalue weighted by Gasteiger charge is -2.55. The number of carboxylic acids is 1. The third-order valence-electron chi connectivity index (χ3n) is 6.28. The van der Waals surface area contributed by atoms with E-state index in [0.717, 1.165) is 19.3 Å². The fraction of sp³-hybridized carbons (Fsp3) is 0.600. The van der Waals surface area contributed by atoms with Crippen LogP contribution < -0.4 is 0 Å². The van der Waals surface area contributed by atoms with Gasteiger partial charge in [-0.05, 0) is 55.4 Å². The minimum Gasteiger partial charge on any atom is -0.481 e. The van der Waals surface area contributed by atoms with E-state index >= 15 is 0 Å². The van der Waals surface area contributed by atoms with Crippen LogP contribution in [0.5, 0.6) is 0 Å². The number of carboxylic acid groups (broad SMARTS) is 1. The van der Waals surface area contributed by atoms with Gasteiger partial charge in [0, 0.05) is 0 Å². The highest BCUT2D eigenvalue weighted by molar-refractivity contribution is 5.77. The highest BCUT2D eigenvalue weighted by atomic mass is 16.5. The molecule has 2 aliphatic rings. The summed E-state index contributed by atoms with van der Waals surface area (Å²) in [5.41, 5.74) is 0.459. The van der Waals surface area contributed by atoms with Gasteiger partial charge in [0.1, 0.15) is 0 Å². The number of aliphatic carboxylic acids is 1. The van der Waals surface area contributed by atoms with Gasteiger partial charge in [-0.3, -0.25) is 9.59 Å². The molecule has 0 spiro atoms. The van der Waals surface area contributed by atoms with Crippen LogP contribution in [0.1, 0.15) is 45.1 Å². The third kappa shape index (κ3) is 2.62. The van der Waals surface area contributed by atoms with Crippen molar-refractivity contribution >= 4 is 11.9 Å². The van der Waals surface area contributed by atoms with Gasteiger partial charge in [0.2, 0.25) is 0 Å². The molecule has 1 aromatic carbocycles. The van der Waals surface area contributed by atoms with Crippen LogP contribution in [-0.4, -0.2) is 24.2 Å². The second kappa shape index (κ2) is 5.91. The number of methoxy groups -OCH3 is 1. The van der Waals surface area contributed by atoms with E-state index in [4.69, 9.17) is 4.74 Å². The molecule has 0 amide bonds. The number of benzene rings is 1. The number of carbonyl (C=O) groups excluding carboxylic acids is 1. The maximum absolute atomic E-state index is 12.5. The van der Waals surface area contributed by atoms with Crippen LogP contribution in [0.25, 0.3) is 0 Å². The van der Waals surface area contributed by atoms with E-state index in [1.165, 1.54) is 12.7 Å². The molecule has 0 aromatic heterocycles. The van der Waals surface area contributed by atoms with Gasteiger partial charge in [-0.2, -0.15) is 0 Å². The Morgan fingerprint density at radius 1 is 1.17 bits per heavy atom. The largest absolute Gasteiger partial charge is 0.481 e. The summed E-state index contributed by atoms with van der Waals surface area (Å²) in [5, 5.41) is 9.72. The van der Waals surface area contributed by atoms with Gasteiger partial charge in [-0.1, -0.05) is 37.3 Å². The van der Waals surface area contributed by atoms with Crippen LogP contribution in [0, 0.1) is 23.2 Å². The lowest BCUT2D eigenvalue weighted by atomic mass is 9.48. The molecular weight excluding hydrogens is 304 g/mol. The molecule has 0 saturated heterocycles. The fourth-order valence-electron chi connectivity index (χ4n) is 5.64. The van der Waals surface area contributed by atoms with E-state index in [2.05, 4.69) is 12.1 Å². The molecule has 0 heterocycles. The minimum absolute atomic E-state index is 0.00399. The van der Waals surface area contributed by atoms with Crippen molar-refractivity contribution in [1.29, 1.82) is 0 Å². The molecule has 1 N–H and O–H groups in total. The lowest BCUT2D eigenvalue weighted by molar-refractivity contribution is -0.165. The molecule has 4 heteroatoms. The Morgan fingerprint density at radius 3 is 2.42 bits per heavy atom. The molecule has 0 radical (unpaired) electrons. The first-order valence-corrected chi connectivity index (χ1v) is 8.68.